The molecule has 34 heavy (non-hydrogen) atoms. The van der Waals surface area contributed by atoms with Gasteiger partial charge in [-0.2, -0.15) is 0 Å². The normalized spacial score (nSPS) is 14.4. The molecule has 0 atom stereocenters. The lowest BCUT2D eigenvalue weighted by Gasteiger charge is -2.36. The van der Waals surface area contributed by atoms with Gasteiger partial charge in [-0.3, -0.25) is 9.59 Å². The Kier molecular flexibility index (Phi) is 5.77. The average molecular weight is 456 g/mol. The highest BCUT2D eigenvalue weighted by Crippen LogP contribution is 2.21. The van der Waals surface area contributed by atoms with Crippen molar-refractivity contribution in [1.29, 1.82) is 0 Å². The predicted molar refractivity (Wildman–Crippen MR) is 135 cm³/mol. The van der Waals surface area contributed by atoms with Crippen molar-refractivity contribution in [2.24, 2.45) is 0 Å². The van der Waals surface area contributed by atoms with Gasteiger partial charge in [-0.15, -0.1) is 0 Å². The Balaban J connectivity index is 1.38. The Morgan fingerprint density at radius 1 is 0.912 bits per heavy atom. The van der Waals surface area contributed by atoms with E-state index < -0.39 is 0 Å². The molecular weight excluding hydrogens is 426 g/mol. The minimum absolute atomic E-state index is 0.00410. The molecule has 0 N–H and O–H groups in total. The molecule has 2 aromatic heterocycles. The van der Waals surface area contributed by atoms with Crippen LogP contribution < -0.4 is 10.3 Å². The summed E-state index contributed by atoms with van der Waals surface area (Å²) in [6, 6.07) is 17.1. The number of hydrogen-bond acceptors (Lipinski definition) is 5. The van der Waals surface area contributed by atoms with Crippen LogP contribution in [0.2, 0.25) is 0 Å². The van der Waals surface area contributed by atoms with Crippen LogP contribution in [0.4, 0.5) is 5.82 Å². The molecular formula is C27H29N5O2. The Labute approximate surface area is 198 Å². The van der Waals surface area contributed by atoms with Crippen LogP contribution in [0.3, 0.4) is 0 Å². The van der Waals surface area contributed by atoms with Crippen molar-refractivity contribution in [1.82, 2.24) is 19.4 Å². The van der Waals surface area contributed by atoms with E-state index in [0.717, 1.165) is 41.5 Å². The minimum Gasteiger partial charge on any atom is -0.353 e. The van der Waals surface area contributed by atoms with Gasteiger partial charge in [0.15, 0.2) is 5.43 Å². The molecule has 4 aromatic rings. The molecule has 0 radical (unpaired) electrons. The second-order valence-electron chi connectivity index (χ2n) is 9.20. The van der Waals surface area contributed by atoms with Crippen molar-refractivity contribution in [3.05, 3.63) is 76.3 Å². The number of para-hydroxylation sites is 2. The maximum atomic E-state index is 13.4. The molecule has 0 unspecified atom stereocenters. The van der Waals surface area contributed by atoms with Crippen LogP contribution in [-0.2, 0) is 11.3 Å². The quantitative estimate of drug-likeness (QED) is 0.439. The number of piperazine rings is 1. The molecule has 5 rings (SSSR count). The number of carbonyl (C=O) groups excluding carboxylic acids is 1. The van der Waals surface area contributed by atoms with E-state index in [9.17, 15) is 9.59 Å². The van der Waals surface area contributed by atoms with Gasteiger partial charge in [0.05, 0.1) is 11.0 Å². The third kappa shape index (κ3) is 4.02. The first kappa shape index (κ1) is 22.1. The fraction of sp³-hybridized carbons (Fsp3) is 0.333. The number of nitrogens with zero attached hydrogens (tertiary/aromatic N) is 5. The van der Waals surface area contributed by atoms with E-state index in [4.69, 9.17) is 4.98 Å². The smallest absolute Gasteiger partial charge is 0.242 e. The zero-order valence-corrected chi connectivity index (χ0v) is 19.9. The van der Waals surface area contributed by atoms with Crippen molar-refractivity contribution in [2.75, 3.05) is 31.1 Å². The second kappa shape index (κ2) is 8.89. The summed E-state index contributed by atoms with van der Waals surface area (Å²) in [6.07, 6.45) is 0. The highest BCUT2D eigenvalue weighted by atomic mass is 16.2. The Hall–Kier alpha value is -3.74. The molecule has 1 saturated heterocycles. The van der Waals surface area contributed by atoms with E-state index >= 15 is 0 Å². The van der Waals surface area contributed by atoms with Crippen LogP contribution >= 0.6 is 0 Å². The molecule has 0 spiro atoms. The largest absolute Gasteiger partial charge is 0.353 e. The van der Waals surface area contributed by atoms with E-state index in [1.54, 1.807) is 0 Å². The van der Waals surface area contributed by atoms with Gasteiger partial charge >= 0.3 is 0 Å². The van der Waals surface area contributed by atoms with Crippen molar-refractivity contribution in [3.63, 3.8) is 0 Å². The van der Waals surface area contributed by atoms with Crippen LogP contribution in [0.1, 0.15) is 31.3 Å². The third-order valence-corrected chi connectivity index (χ3v) is 6.50. The van der Waals surface area contributed by atoms with Crippen LogP contribution in [0.15, 0.2) is 59.4 Å². The topological polar surface area (TPSA) is 71.3 Å². The van der Waals surface area contributed by atoms with E-state index in [0.29, 0.717) is 23.9 Å². The van der Waals surface area contributed by atoms with Crippen LogP contribution in [0.5, 0.6) is 0 Å². The number of rotatable bonds is 4. The molecule has 2 aromatic carbocycles. The maximum absolute atomic E-state index is 13.4. The monoisotopic (exact) mass is 455 g/mol. The minimum atomic E-state index is 0.00410. The van der Waals surface area contributed by atoms with Gasteiger partial charge in [0.1, 0.15) is 18.2 Å². The van der Waals surface area contributed by atoms with Crippen molar-refractivity contribution < 1.29 is 4.79 Å². The van der Waals surface area contributed by atoms with Gasteiger partial charge in [-0.05, 0) is 31.2 Å². The first-order chi connectivity index (χ1) is 16.4. The van der Waals surface area contributed by atoms with Gasteiger partial charge in [0, 0.05) is 54.6 Å². The lowest BCUT2D eigenvalue weighted by molar-refractivity contribution is -0.132. The van der Waals surface area contributed by atoms with E-state index in [-0.39, 0.29) is 23.8 Å². The number of benzene rings is 2. The Bertz CT molecular complexity index is 1370. The summed E-state index contributed by atoms with van der Waals surface area (Å²) < 4.78 is 1.98. The van der Waals surface area contributed by atoms with Gasteiger partial charge in [0.2, 0.25) is 5.91 Å². The van der Waals surface area contributed by atoms with Crippen LogP contribution in [0.25, 0.3) is 21.8 Å². The van der Waals surface area contributed by atoms with Gasteiger partial charge in [0.25, 0.3) is 0 Å². The Morgan fingerprint density at radius 2 is 1.50 bits per heavy atom. The third-order valence-electron chi connectivity index (χ3n) is 6.50. The van der Waals surface area contributed by atoms with E-state index in [2.05, 4.69) is 23.7 Å². The van der Waals surface area contributed by atoms with Gasteiger partial charge < -0.3 is 14.4 Å². The molecule has 1 aliphatic heterocycles. The lowest BCUT2D eigenvalue weighted by atomic mass is 10.1. The highest BCUT2D eigenvalue weighted by molar-refractivity contribution is 5.94. The fourth-order valence-corrected chi connectivity index (χ4v) is 4.66. The number of amides is 1. The lowest BCUT2D eigenvalue weighted by Crippen LogP contribution is -2.50. The molecule has 0 saturated carbocycles. The van der Waals surface area contributed by atoms with Crippen molar-refractivity contribution >= 4 is 33.5 Å². The molecule has 174 valence electrons. The molecule has 3 heterocycles. The van der Waals surface area contributed by atoms with E-state index in [1.165, 1.54) is 0 Å². The predicted octanol–water partition coefficient (Wildman–Crippen LogP) is 3.73. The molecule has 1 fully saturated rings. The average Bonchev–Trinajstić information content (AvgIpc) is 2.86. The summed E-state index contributed by atoms with van der Waals surface area (Å²) in [5.41, 5.74) is 2.54. The summed E-state index contributed by atoms with van der Waals surface area (Å²) in [5.74, 6) is 2.11. The highest BCUT2D eigenvalue weighted by Gasteiger charge is 2.24. The number of carbonyl (C=O) groups is 1. The molecule has 0 bridgehead atoms. The summed E-state index contributed by atoms with van der Waals surface area (Å²) in [7, 11) is 0. The second-order valence-corrected chi connectivity index (χ2v) is 9.20. The maximum Gasteiger partial charge on any atom is 0.242 e. The fourth-order valence-electron chi connectivity index (χ4n) is 4.66. The molecule has 7 heteroatoms. The first-order valence-electron chi connectivity index (χ1n) is 11.8. The number of hydrogen-bond donors (Lipinski definition) is 0. The summed E-state index contributed by atoms with van der Waals surface area (Å²) in [6.45, 7) is 9.11. The van der Waals surface area contributed by atoms with Crippen molar-refractivity contribution in [2.45, 2.75) is 33.2 Å². The van der Waals surface area contributed by atoms with E-state index in [1.807, 2.05) is 71.0 Å². The van der Waals surface area contributed by atoms with Crippen LogP contribution in [-0.4, -0.2) is 51.5 Å². The number of fused-ring (bicyclic) bond motifs is 2. The number of anilines is 1. The van der Waals surface area contributed by atoms with Crippen LogP contribution in [0, 0.1) is 6.92 Å². The van der Waals surface area contributed by atoms with Gasteiger partial charge in [-0.1, -0.05) is 38.1 Å². The molecule has 1 aliphatic rings. The first-order valence-corrected chi connectivity index (χ1v) is 11.8. The van der Waals surface area contributed by atoms with Crippen molar-refractivity contribution in [3.8, 4) is 0 Å². The zero-order chi connectivity index (χ0) is 23.8. The standard InChI is InChI=1S/C27H29N5O2/c1-18(2)27-28-19(3)16-24(29-27)30-12-14-31(15-13-30)25(33)17-32-22-10-6-4-8-20(22)26(34)21-9-5-7-11-23(21)32/h4-11,16,18H,12-15,17H2,1-3H3. The summed E-state index contributed by atoms with van der Waals surface area (Å²) in [4.78, 5) is 39.8. The molecule has 7 nitrogen and oxygen atoms in total. The summed E-state index contributed by atoms with van der Waals surface area (Å²) >= 11 is 0. The van der Waals surface area contributed by atoms with Gasteiger partial charge in [-0.25, -0.2) is 9.97 Å². The SMILES string of the molecule is Cc1cc(N2CCN(C(=O)Cn3c4ccccc4c(=O)c4ccccc43)CC2)nc(C(C)C)n1. The number of aromatic nitrogens is 3. The molecule has 0 aliphatic carbocycles. The summed E-state index contributed by atoms with van der Waals surface area (Å²) in [5, 5.41) is 1.28. The number of pyridine rings is 1. The number of aryl methyl sites for hydroxylation is 1. The Morgan fingerprint density at radius 3 is 2.09 bits per heavy atom. The zero-order valence-electron chi connectivity index (χ0n) is 19.9. The molecule has 1 amide bonds.